The Morgan fingerprint density at radius 1 is 1.13 bits per heavy atom. The van der Waals surface area contributed by atoms with Crippen molar-refractivity contribution in [2.75, 3.05) is 13.1 Å². The zero-order valence-corrected chi connectivity index (χ0v) is 17.1. The largest absolute Gasteiger partial charge is 0.433 e. The lowest BCUT2D eigenvalue weighted by molar-refractivity contribution is -0.142. The lowest BCUT2D eigenvalue weighted by Gasteiger charge is -2.16. The summed E-state index contributed by atoms with van der Waals surface area (Å²) >= 11 is 0. The van der Waals surface area contributed by atoms with Crippen molar-refractivity contribution in [1.82, 2.24) is 29.3 Å². The van der Waals surface area contributed by atoms with Gasteiger partial charge in [-0.1, -0.05) is 0 Å². The quantitative estimate of drug-likeness (QED) is 0.650. The monoisotopic (exact) mass is 420 g/mol. The first kappa shape index (κ1) is 20.4. The van der Waals surface area contributed by atoms with Crippen LogP contribution >= 0.6 is 0 Å². The SMILES string of the molecule is Cc1cc(C(F)(F)F)n2nc([C@H]3CCN(C(=O)CCn4nc(C)cc4C)C3)cc2n1. The van der Waals surface area contributed by atoms with E-state index in [1.807, 2.05) is 24.6 Å². The number of aryl methyl sites for hydroxylation is 4. The Hall–Kier alpha value is -2.91. The number of carbonyl (C=O) groups excluding carboxylic acids is 1. The molecule has 3 aromatic heterocycles. The summed E-state index contributed by atoms with van der Waals surface area (Å²) in [5.41, 5.74) is 2.07. The molecule has 4 heterocycles. The number of carbonyl (C=O) groups is 1. The Morgan fingerprint density at radius 2 is 1.90 bits per heavy atom. The molecule has 7 nitrogen and oxygen atoms in total. The smallest absolute Gasteiger partial charge is 0.342 e. The number of fused-ring (bicyclic) bond motifs is 1. The minimum absolute atomic E-state index is 0.0127. The van der Waals surface area contributed by atoms with Crippen LogP contribution in [0, 0.1) is 20.8 Å². The maximum absolute atomic E-state index is 13.4. The number of alkyl halides is 3. The highest BCUT2D eigenvalue weighted by Crippen LogP contribution is 2.32. The van der Waals surface area contributed by atoms with Crippen LogP contribution in [0.2, 0.25) is 0 Å². The number of rotatable bonds is 4. The minimum atomic E-state index is -4.52. The highest BCUT2D eigenvalue weighted by molar-refractivity contribution is 5.76. The molecule has 0 N–H and O–H groups in total. The molecule has 1 fully saturated rings. The standard InChI is InChI=1S/C20H23F3N6O/c1-12-9-17(20(21,22)23)29-18(24-12)10-16(26-29)15-4-6-27(11-15)19(30)5-7-28-14(3)8-13(2)25-28/h8-10,15H,4-7,11H2,1-3H3/t15-/m0/s1. The molecule has 3 aromatic rings. The molecule has 0 aliphatic carbocycles. The van der Waals surface area contributed by atoms with Gasteiger partial charge in [0.15, 0.2) is 5.65 Å². The molecule has 1 saturated heterocycles. The third-order valence-electron chi connectivity index (χ3n) is 5.46. The normalized spacial score (nSPS) is 17.3. The van der Waals surface area contributed by atoms with Gasteiger partial charge in [-0.25, -0.2) is 9.50 Å². The van der Waals surface area contributed by atoms with Gasteiger partial charge in [0.05, 0.1) is 11.4 Å². The molecule has 0 unspecified atom stereocenters. The lowest BCUT2D eigenvalue weighted by Crippen LogP contribution is -2.29. The van der Waals surface area contributed by atoms with Gasteiger partial charge in [-0.05, 0) is 39.3 Å². The first-order valence-corrected chi connectivity index (χ1v) is 9.85. The van der Waals surface area contributed by atoms with E-state index in [1.54, 1.807) is 11.0 Å². The fourth-order valence-electron chi connectivity index (χ4n) is 4.01. The van der Waals surface area contributed by atoms with Crippen LogP contribution in [0.15, 0.2) is 18.2 Å². The molecule has 0 saturated carbocycles. The van der Waals surface area contributed by atoms with Crippen molar-refractivity contribution in [2.45, 2.75) is 52.3 Å². The van der Waals surface area contributed by atoms with Crippen molar-refractivity contribution in [2.24, 2.45) is 0 Å². The number of aromatic nitrogens is 5. The van der Waals surface area contributed by atoms with E-state index in [2.05, 4.69) is 15.2 Å². The van der Waals surface area contributed by atoms with E-state index < -0.39 is 11.9 Å². The van der Waals surface area contributed by atoms with Crippen LogP contribution in [0.1, 0.15) is 47.2 Å². The van der Waals surface area contributed by atoms with Gasteiger partial charge in [0.2, 0.25) is 5.91 Å². The molecule has 1 aliphatic rings. The van der Waals surface area contributed by atoms with E-state index in [-0.39, 0.29) is 23.2 Å². The van der Waals surface area contributed by atoms with Crippen molar-refractivity contribution < 1.29 is 18.0 Å². The first-order chi connectivity index (χ1) is 14.1. The summed E-state index contributed by atoms with van der Waals surface area (Å²) in [6.07, 6.45) is -3.52. The lowest BCUT2D eigenvalue weighted by atomic mass is 10.1. The summed E-state index contributed by atoms with van der Waals surface area (Å²) in [6, 6.07) is 4.55. The van der Waals surface area contributed by atoms with Gasteiger partial charge in [-0.3, -0.25) is 9.48 Å². The molecule has 0 bridgehead atoms. The minimum Gasteiger partial charge on any atom is -0.342 e. The molecule has 30 heavy (non-hydrogen) atoms. The van der Waals surface area contributed by atoms with Gasteiger partial charge in [0.1, 0.15) is 5.69 Å². The highest BCUT2D eigenvalue weighted by atomic mass is 19.4. The molecule has 0 spiro atoms. The van der Waals surface area contributed by atoms with Crippen LogP contribution in [0.5, 0.6) is 0 Å². The molecule has 0 radical (unpaired) electrons. The topological polar surface area (TPSA) is 68.3 Å². The van der Waals surface area contributed by atoms with Crippen LogP contribution in [0.25, 0.3) is 5.65 Å². The number of nitrogens with zero attached hydrogens (tertiary/aromatic N) is 6. The molecule has 1 atom stereocenters. The molecular formula is C20H23F3N6O. The van der Waals surface area contributed by atoms with Gasteiger partial charge >= 0.3 is 6.18 Å². The maximum atomic E-state index is 13.4. The summed E-state index contributed by atoms with van der Waals surface area (Å²) in [4.78, 5) is 18.5. The Bertz CT molecular complexity index is 1100. The molecule has 1 aliphatic heterocycles. The van der Waals surface area contributed by atoms with Crippen molar-refractivity contribution in [3.8, 4) is 0 Å². The molecule has 4 rings (SSSR count). The number of likely N-dealkylation sites (tertiary alicyclic amines) is 1. The van der Waals surface area contributed by atoms with Gasteiger partial charge in [0, 0.05) is 49.4 Å². The Morgan fingerprint density at radius 3 is 2.57 bits per heavy atom. The number of halogens is 3. The van der Waals surface area contributed by atoms with Crippen molar-refractivity contribution in [3.05, 3.63) is 46.7 Å². The van der Waals surface area contributed by atoms with Crippen LogP contribution in [-0.2, 0) is 17.5 Å². The second-order valence-electron chi connectivity index (χ2n) is 7.85. The fourth-order valence-corrected chi connectivity index (χ4v) is 4.01. The van der Waals surface area contributed by atoms with Gasteiger partial charge < -0.3 is 4.90 Å². The second kappa shape index (κ2) is 7.41. The highest BCUT2D eigenvalue weighted by Gasteiger charge is 2.36. The number of hydrogen-bond donors (Lipinski definition) is 0. The molecule has 160 valence electrons. The van der Waals surface area contributed by atoms with Gasteiger partial charge in [-0.15, -0.1) is 0 Å². The maximum Gasteiger partial charge on any atom is 0.433 e. The van der Waals surface area contributed by atoms with Crippen molar-refractivity contribution in [1.29, 1.82) is 0 Å². The van der Waals surface area contributed by atoms with Crippen LogP contribution in [0.4, 0.5) is 13.2 Å². The first-order valence-electron chi connectivity index (χ1n) is 9.85. The molecule has 0 aromatic carbocycles. The Labute approximate surface area is 171 Å². The summed E-state index contributed by atoms with van der Waals surface area (Å²) in [6.45, 7) is 6.90. The summed E-state index contributed by atoms with van der Waals surface area (Å²) in [5.74, 6) is -0.0931. The van der Waals surface area contributed by atoms with Crippen molar-refractivity contribution in [3.63, 3.8) is 0 Å². The molecule has 10 heteroatoms. The third kappa shape index (κ3) is 3.90. The summed E-state index contributed by atoms with van der Waals surface area (Å²) in [7, 11) is 0. The average Bonchev–Trinajstić information content (AvgIpc) is 3.36. The van der Waals surface area contributed by atoms with E-state index in [0.29, 0.717) is 38.2 Å². The molecular weight excluding hydrogens is 397 g/mol. The third-order valence-corrected chi connectivity index (χ3v) is 5.46. The van der Waals surface area contributed by atoms with Crippen LogP contribution < -0.4 is 0 Å². The van der Waals surface area contributed by atoms with Crippen LogP contribution in [-0.4, -0.2) is 48.3 Å². The fraction of sp³-hybridized carbons (Fsp3) is 0.500. The van der Waals surface area contributed by atoms with E-state index >= 15 is 0 Å². The van der Waals surface area contributed by atoms with E-state index in [9.17, 15) is 18.0 Å². The Kier molecular flexibility index (Phi) is 5.03. The predicted octanol–water partition coefficient (Wildman–Crippen LogP) is 3.28. The van der Waals surface area contributed by atoms with Crippen LogP contribution in [0.3, 0.4) is 0 Å². The summed E-state index contributed by atoms with van der Waals surface area (Å²) in [5, 5.41) is 8.55. The zero-order valence-electron chi connectivity index (χ0n) is 17.1. The van der Waals surface area contributed by atoms with Crippen molar-refractivity contribution >= 4 is 11.6 Å². The summed E-state index contributed by atoms with van der Waals surface area (Å²) < 4.78 is 42.7. The number of hydrogen-bond acceptors (Lipinski definition) is 4. The van der Waals surface area contributed by atoms with E-state index in [0.717, 1.165) is 22.0 Å². The van der Waals surface area contributed by atoms with E-state index in [4.69, 9.17) is 0 Å². The van der Waals surface area contributed by atoms with E-state index in [1.165, 1.54) is 6.92 Å². The predicted molar refractivity (Wildman–Crippen MR) is 103 cm³/mol. The molecule has 1 amide bonds. The second-order valence-corrected chi connectivity index (χ2v) is 7.85. The average molecular weight is 420 g/mol. The van der Waals surface area contributed by atoms with Gasteiger partial charge in [-0.2, -0.15) is 23.4 Å². The number of amides is 1. The zero-order chi connectivity index (χ0) is 21.6. The van der Waals surface area contributed by atoms with Gasteiger partial charge in [0.25, 0.3) is 0 Å². The Balaban J connectivity index is 1.47.